The van der Waals surface area contributed by atoms with E-state index in [0.717, 1.165) is 49.0 Å². The molecule has 0 saturated heterocycles. The van der Waals surface area contributed by atoms with Gasteiger partial charge in [0.05, 0.1) is 5.92 Å². The second-order valence-electron chi connectivity index (χ2n) is 9.04. The van der Waals surface area contributed by atoms with Gasteiger partial charge >= 0.3 is 0 Å². The molecule has 2 aromatic carbocycles. The molecule has 0 bridgehead atoms. The largest absolute Gasteiger partial charge is 0.369 e. The average molecular weight is 438 g/mol. The summed E-state index contributed by atoms with van der Waals surface area (Å²) >= 11 is 0. The van der Waals surface area contributed by atoms with Crippen molar-refractivity contribution < 1.29 is 14.0 Å². The predicted octanol–water partition coefficient (Wildman–Crippen LogP) is 4.16. The zero-order valence-corrected chi connectivity index (χ0v) is 18.5. The number of halogens is 1. The minimum Gasteiger partial charge on any atom is -0.369 e. The summed E-state index contributed by atoms with van der Waals surface area (Å²) in [6.45, 7) is 1.98. The molecular weight excluding hydrogens is 405 g/mol. The number of nitrogens with two attached hydrogens (primary N) is 1. The van der Waals surface area contributed by atoms with Crippen LogP contribution in [0, 0.1) is 11.7 Å². The topological polar surface area (TPSA) is 75.4 Å². The third kappa shape index (κ3) is 5.12. The molecule has 6 heteroatoms. The number of hydrogen-bond acceptors (Lipinski definition) is 3. The summed E-state index contributed by atoms with van der Waals surface area (Å²) in [4.78, 5) is 27.5. The summed E-state index contributed by atoms with van der Waals surface area (Å²) in [6.07, 6.45) is 7.47. The number of nitrogens with one attached hydrogen (secondary N) is 1. The van der Waals surface area contributed by atoms with Crippen LogP contribution in [0.5, 0.6) is 0 Å². The fourth-order valence-electron chi connectivity index (χ4n) is 5.26. The molecule has 5 nitrogen and oxygen atoms in total. The molecule has 2 aromatic rings. The van der Waals surface area contributed by atoms with Crippen molar-refractivity contribution in [1.82, 2.24) is 5.32 Å². The number of fused-ring (bicyclic) bond motifs is 1. The number of hydrogen-bond donors (Lipinski definition) is 2. The molecule has 1 fully saturated rings. The number of nitrogens with zero attached hydrogens (tertiary/aromatic N) is 1. The molecule has 32 heavy (non-hydrogen) atoms. The zero-order chi connectivity index (χ0) is 22.5. The zero-order valence-electron chi connectivity index (χ0n) is 18.5. The van der Waals surface area contributed by atoms with Crippen molar-refractivity contribution in [3.8, 4) is 0 Å². The number of benzene rings is 2. The lowest BCUT2D eigenvalue weighted by atomic mass is 9.79. The third-order valence-corrected chi connectivity index (χ3v) is 6.93. The van der Waals surface area contributed by atoms with Gasteiger partial charge in [-0.3, -0.25) is 9.59 Å². The van der Waals surface area contributed by atoms with Gasteiger partial charge in [0.2, 0.25) is 11.8 Å². The third-order valence-electron chi connectivity index (χ3n) is 6.93. The number of rotatable bonds is 8. The number of anilines is 1. The Balaban J connectivity index is 1.44. The molecule has 4 rings (SSSR count). The first-order valence-corrected chi connectivity index (χ1v) is 11.7. The second kappa shape index (κ2) is 10.2. The van der Waals surface area contributed by atoms with Crippen LogP contribution in [0.25, 0.3) is 0 Å². The molecule has 1 aliphatic carbocycles. The maximum Gasteiger partial charge on any atom is 0.249 e. The van der Waals surface area contributed by atoms with Crippen molar-refractivity contribution in [2.24, 2.45) is 11.7 Å². The molecule has 1 aliphatic heterocycles. The van der Waals surface area contributed by atoms with Crippen LogP contribution in [0.2, 0.25) is 0 Å². The molecule has 0 aromatic heterocycles. The first-order valence-electron chi connectivity index (χ1n) is 11.7. The van der Waals surface area contributed by atoms with Crippen molar-refractivity contribution in [3.05, 3.63) is 65.0 Å². The van der Waals surface area contributed by atoms with Gasteiger partial charge in [-0.25, -0.2) is 4.39 Å². The molecule has 2 aliphatic rings. The van der Waals surface area contributed by atoms with Gasteiger partial charge in [-0.05, 0) is 54.2 Å². The molecule has 170 valence electrons. The standard InChI is InChI=1S/C26H32FN3O2/c27-20-10-11-24-19(17-20)12-14-30(24)15-13-29-26(32)23(16-18-6-2-1-3-7-18)21-8-4-5-9-22(21)25(28)31/h4-5,8-11,17-18,23H,1-3,6-7,12-16H2,(H2,28,31)(H,29,32)/t23-/m0/s1. The van der Waals surface area contributed by atoms with Crippen molar-refractivity contribution in [3.63, 3.8) is 0 Å². The van der Waals surface area contributed by atoms with Gasteiger partial charge in [-0.1, -0.05) is 50.3 Å². The number of primary amides is 1. The SMILES string of the molecule is NC(=O)c1ccccc1[C@H](CC1CCCCC1)C(=O)NCCN1CCc2cc(F)ccc21. The minimum atomic E-state index is -0.497. The highest BCUT2D eigenvalue weighted by Crippen LogP contribution is 2.34. The van der Waals surface area contributed by atoms with Gasteiger partial charge in [-0.15, -0.1) is 0 Å². The van der Waals surface area contributed by atoms with Crippen molar-refractivity contribution in [2.75, 3.05) is 24.5 Å². The molecule has 2 amide bonds. The van der Waals surface area contributed by atoms with E-state index in [1.807, 2.05) is 18.2 Å². The highest BCUT2D eigenvalue weighted by atomic mass is 19.1. The molecule has 1 heterocycles. The van der Waals surface area contributed by atoms with Crippen LogP contribution in [0.4, 0.5) is 10.1 Å². The quantitative estimate of drug-likeness (QED) is 0.651. The Labute approximate surface area is 189 Å². The molecule has 0 radical (unpaired) electrons. The monoisotopic (exact) mass is 437 g/mol. The van der Waals surface area contributed by atoms with E-state index < -0.39 is 5.91 Å². The van der Waals surface area contributed by atoms with Crippen LogP contribution in [0.3, 0.4) is 0 Å². The van der Waals surface area contributed by atoms with Gasteiger partial charge in [0.1, 0.15) is 5.82 Å². The van der Waals surface area contributed by atoms with Crippen LogP contribution < -0.4 is 16.0 Å². The van der Waals surface area contributed by atoms with E-state index in [0.29, 0.717) is 24.6 Å². The van der Waals surface area contributed by atoms with Crippen LogP contribution in [0.15, 0.2) is 42.5 Å². The predicted molar refractivity (Wildman–Crippen MR) is 124 cm³/mol. The van der Waals surface area contributed by atoms with Crippen LogP contribution in [0.1, 0.15) is 65.9 Å². The second-order valence-corrected chi connectivity index (χ2v) is 9.04. The summed E-state index contributed by atoms with van der Waals surface area (Å²) < 4.78 is 13.5. The fraction of sp³-hybridized carbons (Fsp3) is 0.462. The van der Waals surface area contributed by atoms with E-state index in [-0.39, 0.29) is 17.6 Å². The van der Waals surface area contributed by atoms with Gasteiger partial charge < -0.3 is 16.0 Å². The maximum atomic E-state index is 13.5. The van der Waals surface area contributed by atoms with E-state index in [2.05, 4.69) is 10.2 Å². The summed E-state index contributed by atoms with van der Waals surface area (Å²) in [5.41, 5.74) is 8.83. The minimum absolute atomic E-state index is 0.0530. The highest BCUT2D eigenvalue weighted by Gasteiger charge is 2.29. The van der Waals surface area contributed by atoms with Crippen LogP contribution >= 0.6 is 0 Å². The van der Waals surface area contributed by atoms with Crippen molar-refractivity contribution >= 4 is 17.5 Å². The van der Waals surface area contributed by atoms with E-state index in [9.17, 15) is 14.0 Å². The first-order chi connectivity index (χ1) is 15.5. The molecule has 1 saturated carbocycles. The summed E-state index contributed by atoms with van der Waals surface area (Å²) in [6, 6.07) is 12.1. The van der Waals surface area contributed by atoms with Crippen molar-refractivity contribution in [2.45, 2.75) is 50.9 Å². The Morgan fingerprint density at radius 2 is 1.91 bits per heavy atom. The number of carbonyl (C=O) groups is 2. The Morgan fingerprint density at radius 3 is 2.69 bits per heavy atom. The van der Waals surface area contributed by atoms with Gasteiger partial charge in [0.25, 0.3) is 0 Å². The molecule has 0 spiro atoms. The molecule has 3 N–H and O–H groups in total. The molecular formula is C26H32FN3O2. The highest BCUT2D eigenvalue weighted by molar-refractivity contribution is 5.97. The smallest absolute Gasteiger partial charge is 0.249 e. The lowest BCUT2D eigenvalue weighted by Crippen LogP contribution is -2.37. The van der Waals surface area contributed by atoms with E-state index in [1.165, 1.54) is 25.3 Å². The first kappa shape index (κ1) is 22.3. The summed E-state index contributed by atoms with van der Waals surface area (Å²) in [7, 11) is 0. The van der Waals surface area contributed by atoms with E-state index in [4.69, 9.17) is 5.73 Å². The van der Waals surface area contributed by atoms with Gasteiger partial charge in [0.15, 0.2) is 0 Å². The number of amides is 2. The number of carbonyl (C=O) groups excluding carboxylic acids is 2. The Hall–Kier alpha value is -2.89. The Kier molecular flexibility index (Phi) is 7.08. The lowest BCUT2D eigenvalue weighted by molar-refractivity contribution is -0.123. The van der Waals surface area contributed by atoms with Crippen molar-refractivity contribution in [1.29, 1.82) is 0 Å². The molecule has 0 unspecified atom stereocenters. The average Bonchev–Trinajstić information content (AvgIpc) is 3.20. The summed E-state index contributed by atoms with van der Waals surface area (Å²) in [5.74, 6) is -0.661. The fourth-order valence-corrected chi connectivity index (χ4v) is 5.26. The van der Waals surface area contributed by atoms with Crippen LogP contribution in [-0.4, -0.2) is 31.4 Å². The van der Waals surface area contributed by atoms with Gasteiger partial charge in [0, 0.05) is 30.9 Å². The normalized spacial score (nSPS) is 17.1. The van der Waals surface area contributed by atoms with E-state index >= 15 is 0 Å². The van der Waals surface area contributed by atoms with Gasteiger partial charge in [-0.2, -0.15) is 0 Å². The Bertz CT molecular complexity index is 971. The van der Waals surface area contributed by atoms with Crippen LogP contribution in [-0.2, 0) is 11.2 Å². The lowest BCUT2D eigenvalue weighted by Gasteiger charge is -2.27. The summed E-state index contributed by atoms with van der Waals surface area (Å²) in [5, 5.41) is 3.10. The Morgan fingerprint density at radius 1 is 1.12 bits per heavy atom. The maximum absolute atomic E-state index is 13.5. The molecule has 1 atom stereocenters. The van der Waals surface area contributed by atoms with E-state index in [1.54, 1.807) is 18.2 Å².